The number of nitrogens with two attached hydrogens (primary N) is 1. The number of nitrogens with zero attached hydrogens (tertiary/aromatic N) is 1. The molecule has 1 saturated carbocycles. The average molecular weight is 347 g/mol. The van der Waals surface area contributed by atoms with Crippen molar-refractivity contribution in [2.45, 2.75) is 31.6 Å². The predicted molar refractivity (Wildman–Crippen MR) is 80.4 cm³/mol. The Hall–Kier alpha value is -0.590. The Balaban J connectivity index is 2.42. The summed E-state index contributed by atoms with van der Waals surface area (Å²) in [6.07, 6.45) is 2.26. The molecule has 106 valence electrons. The van der Waals surface area contributed by atoms with Crippen LogP contribution in [0.4, 0.5) is 5.69 Å². The number of hydrogen-bond acceptors (Lipinski definition) is 3. The topological polar surface area (TPSA) is 63.4 Å². The molecular formula is C13H19BrN2O2S. The molecule has 1 aromatic carbocycles. The summed E-state index contributed by atoms with van der Waals surface area (Å²) in [5, 5.41) is 0. The van der Waals surface area contributed by atoms with Gasteiger partial charge in [-0.3, -0.25) is 0 Å². The Kier molecular flexibility index (Phi) is 4.23. The zero-order valence-electron chi connectivity index (χ0n) is 11.2. The molecule has 1 aliphatic carbocycles. The van der Waals surface area contributed by atoms with Crippen LogP contribution < -0.4 is 5.73 Å². The third-order valence-corrected chi connectivity index (χ3v) is 6.02. The fourth-order valence-electron chi connectivity index (χ4n) is 2.07. The standard InChI is InChI=1S/C13H19BrN2O2S/c1-3-16(8-10-4-5-10)19(17,18)13-7-11(14)6-12(15)9(13)2/h6-7,10H,3-5,8,15H2,1-2H3. The van der Waals surface area contributed by atoms with Crippen LogP contribution in [0.1, 0.15) is 25.3 Å². The van der Waals surface area contributed by atoms with Gasteiger partial charge in [-0.2, -0.15) is 4.31 Å². The van der Waals surface area contributed by atoms with E-state index in [0.29, 0.717) is 39.6 Å². The molecule has 1 fully saturated rings. The van der Waals surface area contributed by atoms with Crippen LogP contribution in [0.3, 0.4) is 0 Å². The van der Waals surface area contributed by atoms with Crippen molar-refractivity contribution in [1.82, 2.24) is 4.31 Å². The van der Waals surface area contributed by atoms with E-state index < -0.39 is 10.0 Å². The predicted octanol–water partition coefficient (Wildman–Crippen LogP) is 2.76. The van der Waals surface area contributed by atoms with Crippen molar-refractivity contribution < 1.29 is 8.42 Å². The summed E-state index contributed by atoms with van der Waals surface area (Å²) in [6, 6.07) is 3.36. The van der Waals surface area contributed by atoms with Gasteiger partial charge in [-0.25, -0.2) is 8.42 Å². The Morgan fingerprint density at radius 1 is 1.42 bits per heavy atom. The molecule has 0 atom stereocenters. The smallest absolute Gasteiger partial charge is 0.243 e. The van der Waals surface area contributed by atoms with E-state index in [9.17, 15) is 8.42 Å². The Morgan fingerprint density at radius 3 is 2.58 bits per heavy atom. The zero-order valence-corrected chi connectivity index (χ0v) is 13.6. The van der Waals surface area contributed by atoms with Crippen LogP contribution in [-0.4, -0.2) is 25.8 Å². The van der Waals surface area contributed by atoms with Crippen molar-refractivity contribution >= 4 is 31.6 Å². The van der Waals surface area contributed by atoms with Crippen molar-refractivity contribution in [3.05, 3.63) is 22.2 Å². The monoisotopic (exact) mass is 346 g/mol. The summed E-state index contributed by atoms with van der Waals surface area (Å²) in [5.41, 5.74) is 6.98. The third-order valence-electron chi connectivity index (χ3n) is 3.49. The van der Waals surface area contributed by atoms with Crippen molar-refractivity contribution in [2.75, 3.05) is 18.8 Å². The average Bonchev–Trinajstić information content (AvgIpc) is 3.14. The van der Waals surface area contributed by atoms with Crippen LogP contribution in [0.2, 0.25) is 0 Å². The largest absolute Gasteiger partial charge is 0.398 e. The lowest BCUT2D eigenvalue weighted by Crippen LogP contribution is -2.33. The number of sulfonamides is 1. The summed E-state index contributed by atoms with van der Waals surface area (Å²) >= 11 is 3.31. The van der Waals surface area contributed by atoms with Crippen molar-refractivity contribution in [3.63, 3.8) is 0 Å². The van der Waals surface area contributed by atoms with E-state index >= 15 is 0 Å². The highest BCUT2D eigenvalue weighted by Gasteiger charge is 2.31. The van der Waals surface area contributed by atoms with Crippen molar-refractivity contribution in [1.29, 1.82) is 0 Å². The second-order valence-electron chi connectivity index (χ2n) is 5.02. The maximum Gasteiger partial charge on any atom is 0.243 e. The molecule has 4 nitrogen and oxygen atoms in total. The summed E-state index contributed by atoms with van der Waals surface area (Å²) in [6.45, 7) is 4.73. The maximum atomic E-state index is 12.7. The number of halogens is 1. The first-order valence-electron chi connectivity index (χ1n) is 6.42. The summed E-state index contributed by atoms with van der Waals surface area (Å²) in [5.74, 6) is 0.527. The van der Waals surface area contributed by atoms with Crippen molar-refractivity contribution in [2.24, 2.45) is 5.92 Å². The number of anilines is 1. The molecule has 0 unspecified atom stereocenters. The molecule has 19 heavy (non-hydrogen) atoms. The first kappa shape index (κ1) is 14.8. The first-order valence-corrected chi connectivity index (χ1v) is 8.65. The normalized spacial score (nSPS) is 16.0. The summed E-state index contributed by atoms with van der Waals surface area (Å²) in [7, 11) is -3.46. The quantitative estimate of drug-likeness (QED) is 0.833. The molecular weight excluding hydrogens is 328 g/mol. The Morgan fingerprint density at radius 2 is 2.05 bits per heavy atom. The Labute approximate surface area is 123 Å². The van der Waals surface area contributed by atoms with Gasteiger partial charge in [-0.15, -0.1) is 0 Å². The highest BCUT2D eigenvalue weighted by molar-refractivity contribution is 9.10. The molecule has 1 aromatic rings. The van der Waals surface area contributed by atoms with E-state index in [1.165, 1.54) is 0 Å². The van der Waals surface area contributed by atoms with E-state index in [-0.39, 0.29) is 0 Å². The molecule has 6 heteroatoms. The van der Waals surface area contributed by atoms with Crippen LogP contribution in [0.25, 0.3) is 0 Å². The minimum Gasteiger partial charge on any atom is -0.398 e. The number of benzene rings is 1. The zero-order chi connectivity index (χ0) is 14.2. The molecule has 0 aliphatic heterocycles. The van der Waals surface area contributed by atoms with Gasteiger partial charge in [0.1, 0.15) is 0 Å². The van der Waals surface area contributed by atoms with Gasteiger partial charge < -0.3 is 5.73 Å². The summed E-state index contributed by atoms with van der Waals surface area (Å²) < 4.78 is 27.6. The van der Waals surface area contributed by atoms with Crippen LogP contribution in [0, 0.1) is 12.8 Å². The molecule has 0 aromatic heterocycles. The van der Waals surface area contributed by atoms with E-state index in [0.717, 1.165) is 12.8 Å². The van der Waals surface area contributed by atoms with Gasteiger partial charge in [-0.1, -0.05) is 22.9 Å². The van der Waals surface area contributed by atoms with Crippen LogP contribution in [0.15, 0.2) is 21.5 Å². The second kappa shape index (κ2) is 5.42. The van der Waals surface area contributed by atoms with Crippen LogP contribution in [0.5, 0.6) is 0 Å². The fourth-order valence-corrected chi connectivity index (χ4v) is 4.50. The molecule has 0 saturated heterocycles. The van der Waals surface area contributed by atoms with Gasteiger partial charge in [0.2, 0.25) is 10.0 Å². The minimum atomic E-state index is -3.46. The van der Waals surface area contributed by atoms with E-state index in [1.807, 2.05) is 6.92 Å². The molecule has 0 radical (unpaired) electrons. The van der Waals surface area contributed by atoms with E-state index in [2.05, 4.69) is 15.9 Å². The molecule has 0 bridgehead atoms. The number of nitrogen functional groups attached to an aromatic ring is 1. The van der Waals surface area contributed by atoms with E-state index in [4.69, 9.17) is 5.73 Å². The lowest BCUT2D eigenvalue weighted by molar-refractivity contribution is 0.411. The highest BCUT2D eigenvalue weighted by atomic mass is 79.9. The number of rotatable bonds is 5. The van der Waals surface area contributed by atoms with Gasteiger partial charge >= 0.3 is 0 Å². The fraction of sp³-hybridized carbons (Fsp3) is 0.538. The lowest BCUT2D eigenvalue weighted by Gasteiger charge is -2.22. The molecule has 1 aliphatic rings. The first-order chi connectivity index (χ1) is 8.86. The van der Waals surface area contributed by atoms with Gasteiger partial charge in [0, 0.05) is 23.2 Å². The molecule has 2 rings (SSSR count). The SMILES string of the molecule is CCN(CC1CC1)S(=O)(=O)c1cc(Br)cc(N)c1C. The van der Waals surface area contributed by atoms with Gasteiger partial charge in [-0.05, 0) is 43.4 Å². The van der Waals surface area contributed by atoms with Crippen LogP contribution in [-0.2, 0) is 10.0 Å². The second-order valence-corrected chi connectivity index (χ2v) is 7.84. The van der Waals surface area contributed by atoms with Gasteiger partial charge in [0.05, 0.1) is 4.90 Å². The Bertz CT molecular complexity index is 583. The lowest BCUT2D eigenvalue weighted by atomic mass is 10.2. The molecule has 0 spiro atoms. The summed E-state index contributed by atoms with van der Waals surface area (Å²) in [4.78, 5) is 0.307. The van der Waals surface area contributed by atoms with Crippen LogP contribution >= 0.6 is 15.9 Å². The minimum absolute atomic E-state index is 0.307. The van der Waals surface area contributed by atoms with E-state index in [1.54, 1.807) is 23.4 Å². The van der Waals surface area contributed by atoms with Gasteiger partial charge in [0.25, 0.3) is 0 Å². The molecule has 2 N–H and O–H groups in total. The highest BCUT2D eigenvalue weighted by Crippen LogP contribution is 2.33. The molecule has 0 heterocycles. The third kappa shape index (κ3) is 3.12. The molecule has 0 amide bonds. The maximum absolute atomic E-state index is 12.7. The van der Waals surface area contributed by atoms with Crippen molar-refractivity contribution in [3.8, 4) is 0 Å². The van der Waals surface area contributed by atoms with Gasteiger partial charge in [0.15, 0.2) is 0 Å². The number of hydrogen-bond donors (Lipinski definition) is 1.